The minimum atomic E-state index is -0.478. The molecule has 2 amide bonds. The van der Waals surface area contributed by atoms with E-state index in [9.17, 15) is 9.59 Å². The van der Waals surface area contributed by atoms with E-state index in [1.807, 2.05) is 32.0 Å². The van der Waals surface area contributed by atoms with E-state index in [-0.39, 0.29) is 23.7 Å². The zero-order valence-electron chi connectivity index (χ0n) is 17.1. The summed E-state index contributed by atoms with van der Waals surface area (Å²) in [7, 11) is 5.00. The summed E-state index contributed by atoms with van der Waals surface area (Å²) in [6.07, 6.45) is 3.66. The molecule has 1 aliphatic rings. The van der Waals surface area contributed by atoms with Gasteiger partial charge in [0.25, 0.3) is 0 Å². The smallest absolute Gasteiger partial charge is 0.245 e. The predicted octanol–water partition coefficient (Wildman–Crippen LogP) is 2.65. The van der Waals surface area contributed by atoms with Crippen molar-refractivity contribution < 1.29 is 19.1 Å². The number of likely N-dealkylation sites (N-methyl/N-ethyl adjacent to an activating group) is 1. The molecular formula is C21H32N2O4. The summed E-state index contributed by atoms with van der Waals surface area (Å²) in [5.41, 5.74) is 1.06. The van der Waals surface area contributed by atoms with Crippen LogP contribution in [0.1, 0.15) is 38.7 Å². The fourth-order valence-corrected chi connectivity index (χ4v) is 3.14. The molecule has 0 aromatic heterocycles. The predicted molar refractivity (Wildman–Crippen MR) is 105 cm³/mol. The molecule has 1 aromatic rings. The average molecular weight is 376 g/mol. The van der Waals surface area contributed by atoms with Crippen molar-refractivity contribution in [2.45, 2.75) is 45.6 Å². The standard InChI is InChI=1S/C21H32N2O4/c1-14(2)19(22-20(24)16-7-6-8-16)21(25)23(3)12-11-15-9-10-17(26-4)18(13-15)27-5/h9-10,13-14,16,19H,6-8,11-12H2,1-5H3,(H,22,24). The van der Waals surface area contributed by atoms with Crippen LogP contribution < -0.4 is 14.8 Å². The Labute approximate surface area is 162 Å². The van der Waals surface area contributed by atoms with Gasteiger partial charge in [0.05, 0.1) is 14.2 Å². The van der Waals surface area contributed by atoms with Gasteiger partial charge in [0.15, 0.2) is 11.5 Å². The van der Waals surface area contributed by atoms with E-state index >= 15 is 0 Å². The van der Waals surface area contributed by atoms with E-state index in [1.165, 1.54) is 0 Å². The molecule has 1 unspecified atom stereocenters. The fraction of sp³-hybridized carbons (Fsp3) is 0.619. The number of rotatable bonds is 9. The van der Waals surface area contributed by atoms with E-state index in [0.717, 1.165) is 24.8 Å². The van der Waals surface area contributed by atoms with Gasteiger partial charge in [-0.1, -0.05) is 26.3 Å². The van der Waals surface area contributed by atoms with E-state index in [2.05, 4.69) is 5.32 Å². The number of ether oxygens (including phenoxy) is 2. The molecule has 150 valence electrons. The highest BCUT2D eigenvalue weighted by molar-refractivity contribution is 5.88. The molecule has 1 N–H and O–H groups in total. The van der Waals surface area contributed by atoms with Crippen LogP contribution in [0, 0.1) is 11.8 Å². The lowest BCUT2D eigenvalue weighted by atomic mass is 9.84. The van der Waals surface area contributed by atoms with Gasteiger partial charge in [0, 0.05) is 19.5 Å². The number of hydrogen-bond donors (Lipinski definition) is 1. The van der Waals surface area contributed by atoms with Gasteiger partial charge in [-0.25, -0.2) is 0 Å². The molecule has 0 heterocycles. The largest absolute Gasteiger partial charge is 0.493 e. The van der Waals surface area contributed by atoms with E-state index < -0.39 is 6.04 Å². The molecule has 1 saturated carbocycles. The first-order chi connectivity index (χ1) is 12.9. The minimum Gasteiger partial charge on any atom is -0.493 e. The van der Waals surface area contributed by atoms with Gasteiger partial charge in [0.2, 0.25) is 11.8 Å². The van der Waals surface area contributed by atoms with Crippen LogP contribution in [0.5, 0.6) is 11.5 Å². The Kier molecular flexibility index (Phi) is 7.51. The lowest BCUT2D eigenvalue weighted by Gasteiger charge is -2.31. The minimum absolute atomic E-state index is 0.0154. The van der Waals surface area contributed by atoms with E-state index in [4.69, 9.17) is 9.47 Å². The van der Waals surface area contributed by atoms with Crippen molar-refractivity contribution in [3.8, 4) is 11.5 Å². The third-order valence-corrected chi connectivity index (χ3v) is 5.27. The summed E-state index contributed by atoms with van der Waals surface area (Å²) in [4.78, 5) is 26.8. The number of hydrogen-bond acceptors (Lipinski definition) is 4. The van der Waals surface area contributed by atoms with Gasteiger partial charge in [-0.3, -0.25) is 9.59 Å². The van der Waals surface area contributed by atoms with Crippen molar-refractivity contribution in [1.82, 2.24) is 10.2 Å². The Bertz CT molecular complexity index is 656. The molecule has 0 saturated heterocycles. The Morgan fingerprint density at radius 1 is 1.19 bits per heavy atom. The third kappa shape index (κ3) is 5.37. The van der Waals surface area contributed by atoms with Crippen molar-refractivity contribution in [1.29, 1.82) is 0 Å². The summed E-state index contributed by atoms with van der Waals surface area (Å²) in [5.74, 6) is 1.46. The van der Waals surface area contributed by atoms with Crippen molar-refractivity contribution >= 4 is 11.8 Å². The second kappa shape index (κ2) is 9.62. The van der Waals surface area contributed by atoms with Crippen molar-refractivity contribution in [2.24, 2.45) is 11.8 Å². The molecule has 6 nitrogen and oxygen atoms in total. The van der Waals surface area contributed by atoms with Crippen LogP contribution in [-0.2, 0) is 16.0 Å². The maximum atomic E-state index is 12.9. The topological polar surface area (TPSA) is 67.9 Å². The normalized spacial score (nSPS) is 15.0. The highest BCUT2D eigenvalue weighted by atomic mass is 16.5. The molecule has 1 fully saturated rings. The van der Waals surface area contributed by atoms with E-state index in [0.29, 0.717) is 24.5 Å². The quantitative estimate of drug-likeness (QED) is 0.719. The van der Waals surface area contributed by atoms with Crippen molar-refractivity contribution in [3.05, 3.63) is 23.8 Å². The summed E-state index contributed by atoms with van der Waals surface area (Å²) in [6, 6.07) is 5.28. The van der Waals surface area contributed by atoms with Crippen LogP contribution in [0.3, 0.4) is 0 Å². The first-order valence-corrected chi connectivity index (χ1v) is 9.63. The SMILES string of the molecule is COc1ccc(CCN(C)C(=O)C(NC(=O)C2CCC2)C(C)C)cc1OC. The fourth-order valence-electron chi connectivity index (χ4n) is 3.14. The molecule has 0 aliphatic heterocycles. The highest BCUT2D eigenvalue weighted by Crippen LogP contribution is 2.28. The van der Waals surface area contributed by atoms with Crippen LogP contribution >= 0.6 is 0 Å². The third-order valence-electron chi connectivity index (χ3n) is 5.27. The maximum absolute atomic E-state index is 12.9. The van der Waals surface area contributed by atoms with Crippen LogP contribution in [0.15, 0.2) is 18.2 Å². The zero-order valence-corrected chi connectivity index (χ0v) is 17.1. The Hall–Kier alpha value is -2.24. The molecule has 1 atom stereocenters. The molecule has 6 heteroatoms. The van der Waals surface area contributed by atoms with Crippen LogP contribution in [0.25, 0.3) is 0 Å². The number of benzene rings is 1. The van der Waals surface area contributed by atoms with Crippen molar-refractivity contribution in [2.75, 3.05) is 27.8 Å². The number of nitrogens with zero attached hydrogens (tertiary/aromatic N) is 1. The second-order valence-electron chi connectivity index (χ2n) is 7.56. The molecule has 0 spiro atoms. The second-order valence-corrected chi connectivity index (χ2v) is 7.56. The van der Waals surface area contributed by atoms with E-state index in [1.54, 1.807) is 26.2 Å². The number of carbonyl (C=O) groups excluding carboxylic acids is 2. The van der Waals surface area contributed by atoms with Gasteiger partial charge in [-0.15, -0.1) is 0 Å². The first-order valence-electron chi connectivity index (χ1n) is 9.63. The molecule has 27 heavy (non-hydrogen) atoms. The molecule has 1 aliphatic carbocycles. The van der Waals surface area contributed by atoms with Gasteiger partial charge in [0.1, 0.15) is 6.04 Å². The summed E-state index contributed by atoms with van der Waals surface area (Å²) in [5, 5.41) is 2.96. The number of carbonyl (C=O) groups is 2. The Morgan fingerprint density at radius 2 is 1.85 bits per heavy atom. The van der Waals surface area contributed by atoms with Crippen LogP contribution in [-0.4, -0.2) is 50.6 Å². The monoisotopic (exact) mass is 376 g/mol. The van der Waals surface area contributed by atoms with Crippen LogP contribution in [0.4, 0.5) is 0 Å². The van der Waals surface area contributed by atoms with Gasteiger partial charge < -0.3 is 19.7 Å². The van der Waals surface area contributed by atoms with Gasteiger partial charge >= 0.3 is 0 Å². The molecule has 1 aromatic carbocycles. The number of nitrogens with one attached hydrogen (secondary N) is 1. The summed E-state index contributed by atoms with van der Waals surface area (Å²) in [6.45, 7) is 4.49. The van der Waals surface area contributed by atoms with Crippen molar-refractivity contribution in [3.63, 3.8) is 0 Å². The maximum Gasteiger partial charge on any atom is 0.245 e. The zero-order chi connectivity index (χ0) is 20.0. The highest BCUT2D eigenvalue weighted by Gasteiger charge is 2.31. The lowest BCUT2D eigenvalue weighted by Crippen LogP contribution is -2.52. The molecule has 2 rings (SSSR count). The molecule has 0 bridgehead atoms. The Balaban J connectivity index is 1.95. The van der Waals surface area contributed by atoms with Crippen LogP contribution in [0.2, 0.25) is 0 Å². The lowest BCUT2D eigenvalue weighted by molar-refractivity contribution is -0.138. The number of methoxy groups -OCH3 is 2. The summed E-state index contributed by atoms with van der Waals surface area (Å²) < 4.78 is 10.6. The van der Waals surface area contributed by atoms with Gasteiger partial charge in [-0.2, -0.15) is 0 Å². The van der Waals surface area contributed by atoms with Gasteiger partial charge in [-0.05, 0) is 42.9 Å². The molecule has 0 radical (unpaired) electrons. The average Bonchev–Trinajstić information content (AvgIpc) is 2.61. The molecular weight excluding hydrogens is 344 g/mol. The summed E-state index contributed by atoms with van der Waals surface area (Å²) >= 11 is 0. The Morgan fingerprint density at radius 3 is 2.37 bits per heavy atom. The number of amides is 2. The first kappa shape index (κ1) is 21.1.